The van der Waals surface area contributed by atoms with Crippen molar-refractivity contribution < 1.29 is 4.79 Å². The van der Waals surface area contributed by atoms with Gasteiger partial charge in [0.05, 0.1) is 17.4 Å². The fourth-order valence-corrected chi connectivity index (χ4v) is 3.92. The number of carbonyl (C=O) groups excluding carboxylic acids is 1. The van der Waals surface area contributed by atoms with Crippen molar-refractivity contribution in [3.05, 3.63) is 82.2 Å². The molecule has 0 aliphatic rings. The second-order valence-corrected chi connectivity index (χ2v) is 8.30. The van der Waals surface area contributed by atoms with Crippen molar-refractivity contribution in [1.29, 1.82) is 0 Å². The minimum Gasteiger partial charge on any atom is -0.329 e. The Labute approximate surface area is 183 Å². The van der Waals surface area contributed by atoms with Gasteiger partial charge in [-0.05, 0) is 43.7 Å². The third kappa shape index (κ3) is 4.83. The maximum Gasteiger partial charge on any atom is 0.258 e. The SMILES string of the molecule is CC(C)N(Cc1nc2ccccc2c(=O)[nH]1)C(=O)c1ccc(CSc2ncn[nH]2)cc1. The van der Waals surface area contributed by atoms with Crippen molar-refractivity contribution >= 4 is 28.6 Å². The van der Waals surface area contributed by atoms with Gasteiger partial charge < -0.3 is 9.88 Å². The lowest BCUT2D eigenvalue weighted by molar-refractivity contribution is 0.0685. The smallest absolute Gasteiger partial charge is 0.258 e. The van der Waals surface area contributed by atoms with E-state index in [0.717, 1.165) is 16.5 Å². The zero-order valence-electron chi connectivity index (χ0n) is 17.2. The molecule has 2 N–H and O–H groups in total. The summed E-state index contributed by atoms with van der Waals surface area (Å²) < 4.78 is 0. The van der Waals surface area contributed by atoms with E-state index in [4.69, 9.17) is 0 Å². The Kier molecular flexibility index (Phi) is 6.13. The van der Waals surface area contributed by atoms with Crippen LogP contribution < -0.4 is 5.56 Å². The highest BCUT2D eigenvalue weighted by atomic mass is 32.2. The number of nitrogens with zero attached hydrogens (tertiary/aromatic N) is 4. The van der Waals surface area contributed by atoms with Crippen molar-refractivity contribution in [1.82, 2.24) is 30.0 Å². The number of nitrogens with one attached hydrogen (secondary N) is 2. The molecule has 1 amide bonds. The van der Waals surface area contributed by atoms with Crippen molar-refractivity contribution in [3.8, 4) is 0 Å². The van der Waals surface area contributed by atoms with Gasteiger partial charge in [0.25, 0.3) is 11.5 Å². The van der Waals surface area contributed by atoms with Gasteiger partial charge >= 0.3 is 0 Å². The molecule has 0 saturated heterocycles. The molecular formula is C22H22N6O2S. The molecule has 158 valence electrons. The number of carbonyl (C=O) groups is 1. The summed E-state index contributed by atoms with van der Waals surface area (Å²) in [5.41, 5.74) is 2.08. The molecule has 4 aromatic rings. The second-order valence-electron chi connectivity index (χ2n) is 7.33. The molecule has 0 aliphatic heterocycles. The Bertz CT molecular complexity index is 1240. The number of thioether (sulfide) groups is 1. The molecule has 0 atom stereocenters. The van der Waals surface area contributed by atoms with Crippen LogP contribution in [0.25, 0.3) is 10.9 Å². The Morgan fingerprint density at radius 1 is 1.13 bits per heavy atom. The molecule has 0 fully saturated rings. The van der Waals surface area contributed by atoms with Gasteiger partial charge in [0.1, 0.15) is 12.2 Å². The highest BCUT2D eigenvalue weighted by Gasteiger charge is 2.20. The molecule has 0 bridgehead atoms. The number of rotatable bonds is 7. The summed E-state index contributed by atoms with van der Waals surface area (Å²) in [7, 11) is 0. The molecule has 8 nitrogen and oxygen atoms in total. The standard InChI is InChI=1S/C22H22N6O2S/c1-14(2)28(11-19-25-18-6-4-3-5-17(18)20(29)26-19)21(30)16-9-7-15(8-10-16)12-31-22-23-13-24-27-22/h3-10,13-14H,11-12H2,1-2H3,(H,23,24,27)(H,25,26,29). The number of aromatic amines is 2. The lowest BCUT2D eigenvalue weighted by atomic mass is 10.1. The largest absolute Gasteiger partial charge is 0.329 e. The van der Waals surface area contributed by atoms with E-state index in [1.165, 1.54) is 6.33 Å². The first-order valence-corrected chi connectivity index (χ1v) is 10.9. The maximum atomic E-state index is 13.2. The molecule has 2 heterocycles. The van der Waals surface area contributed by atoms with Crippen LogP contribution >= 0.6 is 11.8 Å². The first-order valence-electron chi connectivity index (χ1n) is 9.87. The van der Waals surface area contributed by atoms with Crippen molar-refractivity contribution in [2.24, 2.45) is 0 Å². The molecule has 9 heteroatoms. The van der Waals surface area contributed by atoms with Crippen LogP contribution in [0.2, 0.25) is 0 Å². The molecule has 2 aromatic heterocycles. The number of fused-ring (bicyclic) bond motifs is 1. The van der Waals surface area contributed by atoms with E-state index in [9.17, 15) is 9.59 Å². The third-order valence-corrected chi connectivity index (χ3v) is 5.78. The number of hydrogen-bond acceptors (Lipinski definition) is 6. The minimum absolute atomic E-state index is 0.0639. The van der Waals surface area contributed by atoms with Gasteiger partial charge in [0.15, 0.2) is 5.16 Å². The summed E-state index contributed by atoms with van der Waals surface area (Å²) in [6.07, 6.45) is 1.47. The number of para-hydroxylation sites is 1. The summed E-state index contributed by atoms with van der Waals surface area (Å²) in [6, 6.07) is 14.6. The Balaban J connectivity index is 1.50. The fraction of sp³-hybridized carbons (Fsp3) is 0.227. The topological polar surface area (TPSA) is 108 Å². The van der Waals surface area contributed by atoms with Crippen molar-refractivity contribution in [2.45, 2.75) is 37.3 Å². The Morgan fingerprint density at radius 2 is 1.90 bits per heavy atom. The maximum absolute atomic E-state index is 13.2. The van der Waals surface area contributed by atoms with E-state index < -0.39 is 0 Å². The van der Waals surface area contributed by atoms with E-state index >= 15 is 0 Å². The summed E-state index contributed by atoms with van der Waals surface area (Å²) in [4.78, 5) is 38.7. The second kappa shape index (κ2) is 9.13. The van der Waals surface area contributed by atoms with Crippen LogP contribution in [0, 0.1) is 0 Å². The summed E-state index contributed by atoms with van der Waals surface area (Å²) in [5.74, 6) is 1.07. The molecule has 0 saturated carbocycles. The molecule has 4 rings (SSSR count). The molecule has 0 spiro atoms. The van der Waals surface area contributed by atoms with E-state index in [-0.39, 0.29) is 24.1 Å². The van der Waals surface area contributed by atoms with E-state index in [2.05, 4.69) is 25.1 Å². The van der Waals surface area contributed by atoms with Crippen molar-refractivity contribution in [2.75, 3.05) is 0 Å². The van der Waals surface area contributed by atoms with E-state index in [1.807, 2.05) is 44.2 Å². The van der Waals surface area contributed by atoms with Gasteiger partial charge in [-0.15, -0.1) is 0 Å². The average Bonchev–Trinajstić information content (AvgIpc) is 3.29. The minimum atomic E-state index is -0.203. The summed E-state index contributed by atoms with van der Waals surface area (Å²) >= 11 is 1.54. The number of hydrogen-bond donors (Lipinski definition) is 2. The monoisotopic (exact) mass is 434 g/mol. The van der Waals surface area contributed by atoms with Crippen LogP contribution in [0.15, 0.2) is 64.8 Å². The van der Waals surface area contributed by atoms with Gasteiger partial charge in [0.2, 0.25) is 0 Å². The lowest BCUT2D eigenvalue weighted by Gasteiger charge is -2.26. The van der Waals surface area contributed by atoms with Crippen LogP contribution in [0.4, 0.5) is 0 Å². The van der Waals surface area contributed by atoms with Crippen LogP contribution in [0.1, 0.15) is 35.6 Å². The zero-order chi connectivity index (χ0) is 21.8. The van der Waals surface area contributed by atoms with Crippen LogP contribution in [-0.4, -0.2) is 42.0 Å². The predicted molar refractivity (Wildman–Crippen MR) is 120 cm³/mol. The quantitative estimate of drug-likeness (QED) is 0.432. The third-order valence-electron chi connectivity index (χ3n) is 4.84. The number of amides is 1. The van der Waals surface area contributed by atoms with Crippen LogP contribution in [0.3, 0.4) is 0 Å². The molecule has 31 heavy (non-hydrogen) atoms. The molecular weight excluding hydrogens is 412 g/mol. The number of benzene rings is 2. The first kappa shape index (κ1) is 20.8. The predicted octanol–water partition coefficient (Wildman–Crippen LogP) is 3.38. The number of H-pyrrole nitrogens is 2. The first-order chi connectivity index (χ1) is 15.0. The van der Waals surface area contributed by atoms with Gasteiger partial charge in [-0.25, -0.2) is 9.97 Å². The zero-order valence-corrected chi connectivity index (χ0v) is 18.0. The number of aromatic nitrogens is 5. The Morgan fingerprint density at radius 3 is 2.61 bits per heavy atom. The highest BCUT2D eigenvalue weighted by molar-refractivity contribution is 7.98. The van der Waals surface area contributed by atoms with E-state index in [0.29, 0.717) is 22.3 Å². The van der Waals surface area contributed by atoms with Gasteiger partial charge in [0, 0.05) is 17.4 Å². The van der Waals surface area contributed by atoms with E-state index in [1.54, 1.807) is 34.9 Å². The van der Waals surface area contributed by atoms with Crippen molar-refractivity contribution in [3.63, 3.8) is 0 Å². The lowest BCUT2D eigenvalue weighted by Crippen LogP contribution is -2.37. The summed E-state index contributed by atoms with van der Waals surface area (Å²) in [5, 5.41) is 7.93. The van der Waals surface area contributed by atoms with Gasteiger partial charge in [-0.1, -0.05) is 36.0 Å². The average molecular weight is 435 g/mol. The van der Waals surface area contributed by atoms with Crippen LogP contribution in [-0.2, 0) is 12.3 Å². The van der Waals surface area contributed by atoms with Gasteiger partial charge in [-0.2, -0.15) is 5.10 Å². The van der Waals surface area contributed by atoms with Crippen LogP contribution in [0.5, 0.6) is 0 Å². The van der Waals surface area contributed by atoms with Gasteiger partial charge in [-0.3, -0.25) is 14.7 Å². The molecule has 0 aliphatic carbocycles. The Hall–Kier alpha value is -3.46. The fourth-order valence-electron chi connectivity index (χ4n) is 3.18. The summed E-state index contributed by atoms with van der Waals surface area (Å²) in [6.45, 7) is 4.11. The molecule has 0 unspecified atom stereocenters. The normalized spacial score (nSPS) is 11.2. The molecule has 0 radical (unpaired) electrons. The molecule has 2 aromatic carbocycles. The highest BCUT2D eigenvalue weighted by Crippen LogP contribution is 2.20.